The van der Waals surface area contributed by atoms with Crippen LogP contribution in [0.5, 0.6) is 0 Å². The van der Waals surface area contributed by atoms with Gasteiger partial charge in [0.05, 0.1) is 23.2 Å². The molecular weight excluding hydrogens is 430 g/mol. The molecule has 0 spiro atoms. The Balaban J connectivity index is 1.54. The fourth-order valence-electron chi connectivity index (χ4n) is 3.40. The Bertz CT molecular complexity index is 1330. The molecule has 4 rings (SSSR count). The number of nitrogens with zero attached hydrogens (tertiary/aromatic N) is 4. The first-order chi connectivity index (χ1) is 14.8. The molecule has 3 aromatic heterocycles. The third-order valence-corrected chi connectivity index (χ3v) is 7.28. The number of amides is 1. The molecule has 3 heterocycles. The van der Waals surface area contributed by atoms with Crippen molar-refractivity contribution in [2.24, 2.45) is 0 Å². The Morgan fingerprint density at radius 2 is 2.00 bits per heavy atom. The quantitative estimate of drug-likeness (QED) is 0.349. The van der Waals surface area contributed by atoms with E-state index < -0.39 is 0 Å². The van der Waals surface area contributed by atoms with Gasteiger partial charge in [0.15, 0.2) is 0 Å². The summed E-state index contributed by atoms with van der Waals surface area (Å²) in [7, 11) is 0. The number of benzene rings is 1. The molecule has 0 saturated carbocycles. The number of fused-ring (bicyclic) bond motifs is 2. The number of aromatic amines is 1. The van der Waals surface area contributed by atoms with E-state index in [0.717, 1.165) is 20.8 Å². The van der Waals surface area contributed by atoms with Crippen LogP contribution in [0.4, 0.5) is 0 Å². The largest absolute Gasteiger partial charge is 0.332 e. The van der Waals surface area contributed by atoms with E-state index in [1.54, 1.807) is 40.8 Å². The summed E-state index contributed by atoms with van der Waals surface area (Å²) in [6.45, 7) is 8.28. The van der Waals surface area contributed by atoms with Gasteiger partial charge in [-0.3, -0.25) is 9.59 Å². The summed E-state index contributed by atoms with van der Waals surface area (Å²) in [6, 6.07) is 7.15. The SMILES string of the molecule is Cc1sc2ncnc(SCC(=O)N(Cc3nc4ccccc4c(=O)[nH]3)C(C)C)c2c1C. The molecule has 0 aliphatic heterocycles. The summed E-state index contributed by atoms with van der Waals surface area (Å²) in [6.07, 6.45) is 1.55. The first-order valence-electron chi connectivity index (χ1n) is 9.96. The molecule has 7 nitrogen and oxygen atoms in total. The molecule has 1 amide bonds. The standard InChI is InChI=1S/C22H23N5O2S2/c1-12(2)27(9-17-25-16-8-6-5-7-15(16)20(29)26-17)18(28)10-30-21-19-13(3)14(4)31-22(19)24-11-23-21/h5-8,11-12H,9-10H2,1-4H3,(H,25,26,29). The van der Waals surface area contributed by atoms with Gasteiger partial charge in [-0.15, -0.1) is 11.3 Å². The van der Waals surface area contributed by atoms with Crippen molar-refractivity contribution in [2.45, 2.75) is 45.3 Å². The molecule has 0 fully saturated rings. The second-order valence-corrected chi connectivity index (χ2v) is 9.74. The van der Waals surface area contributed by atoms with Gasteiger partial charge >= 0.3 is 0 Å². The Hall–Kier alpha value is -2.78. The van der Waals surface area contributed by atoms with Crippen molar-refractivity contribution in [3.05, 3.63) is 57.2 Å². The molecule has 0 unspecified atom stereocenters. The number of rotatable bonds is 6. The van der Waals surface area contributed by atoms with Crippen LogP contribution in [0.15, 0.2) is 40.4 Å². The van der Waals surface area contributed by atoms with E-state index in [9.17, 15) is 9.59 Å². The van der Waals surface area contributed by atoms with Crippen LogP contribution in [0.1, 0.15) is 30.1 Å². The summed E-state index contributed by atoms with van der Waals surface area (Å²) in [5.41, 5.74) is 1.59. The van der Waals surface area contributed by atoms with Gasteiger partial charge < -0.3 is 9.88 Å². The number of hydrogen-bond acceptors (Lipinski definition) is 7. The second kappa shape index (κ2) is 8.76. The lowest BCUT2D eigenvalue weighted by molar-refractivity contribution is -0.130. The Kier molecular flexibility index (Phi) is 6.06. The molecule has 1 N–H and O–H groups in total. The number of aromatic nitrogens is 4. The zero-order valence-electron chi connectivity index (χ0n) is 17.8. The van der Waals surface area contributed by atoms with E-state index in [1.165, 1.54) is 16.6 Å². The summed E-state index contributed by atoms with van der Waals surface area (Å²) in [5, 5.41) is 2.39. The highest BCUT2D eigenvalue weighted by Gasteiger charge is 2.21. The van der Waals surface area contributed by atoms with Crippen LogP contribution in [-0.2, 0) is 11.3 Å². The maximum atomic E-state index is 13.1. The molecule has 0 atom stereocenters. The monoisotopic (exact) mass is 453 g/mol. The molecule has 0 aliphatic rings. The molecule has 31 heavy (non-hydrogen) atoms. The molecule has 0 aliphatic carbocycles. The minimum atomic E-state index is -0.196. The van der Waals surface area contributed by atoms with E-state index in [4.69, 9.17) is 0 Å². The number of carbonyl (C=O) groups excluding carboxylic acids is 1. The van der Waals surface area contributed by atoms with Crippen LogP contribution in [0.3, 0.4) is 0 Å². The van der Waals surface area contributed by atoms with Crippen LogP contribution >= 0.6 is 23.1 Å². The van der Waals surface area contributed by atoms with Crippen molar-refractivity contribution in [2.75, 3.05) is 5.75 Å². The summed E-state index contributed by atoms with van der Waals surface area (Å²) in [4.78, 5) is 45.5. The van der Waals surface area contributed by atoms with Crippen LogP contribution in [0.25, 0.3) is 21.1 Å². The van der Waals surface area contributed by atoms with Gasteiger partial charge in [-0.25, -0.2) is 15.0 Å². The molecular formula is C22H23N5O2S2. The van der Waals surface area contributed by atoms with Gasteiger partial charge in [-0.05, 0) is 45.4 Å². The average molecular weight is 454 g/mol. The number of H-pyrrole nitrogens is 1. The van der Waals surface area contributed by atoms with Crippen molar-refractivity contribution in [1.82, 2.24) is 24.8 Å². The Morgan fingerprint density at radius 1 is 1.23 bits per heavy atom. The molecule has 0 bridgehead atoms. The highest BCUT2D eigenvalue weighted by molar-refractivity contribution is 8.00. The van der Waals surface area contributed by atoms with E-state index in [-0.39, 0.29) is 29.8 Å². The molecule has 160 valence electrons. The van der Waals surface area contributed by atoms with E-state index in [0.29, 0.717) is 16.7 Å². The van der Waals surface area contributed by atoms with E-state index >= 15 is 0 Å². The van der Waals surface area contributed by atoms with Crippen molar-refractivity contribution in [3.63, 3.8) is 0 Å². The van der Waals surface area contributed by atoms with Crippen molar-refractivity contribution < 1.29 is 4.79 Å². The van der Waals surface area contributed by atoms with Crippen LogP contribution in [0.2, 0.25) is 0 Å². The number of aryl methyl sites for hydroxylation is 2. The molecule has 0 saturated heterocycles. The van der Waals surface area contributed by atoms with Crippen molar-refractivity contribution in [3.8, 4) is 0 Å². The highest BCUT2D eigenvalue weighted by Crippen LogP contribution is 2.34. The van der Waals surface area contributed by atoms with Crippen molar-refractivity contribution in [1.29, 1.82) is 0 Å². The number of hydrogen-bond donors (Lipinski definition) is 1. The topological polar surface area (TPSA) is 91.8 Å². The minimum Gasteiger partial charge on any atom is -0.332 e. The van der Waals surface area contributed by atoms with Gasteiger partial charge in [-0.2, -0.15) is 0 Å². The predicted molar refractivity (Wildman–Crippen MR) is 126 cm³/mol. The number of nitrogens with one attached hydrogen (secondary N) is 1. The van der Waals surface area contributed by atoms with Gasteiger partial charge in [0.25, 0.3) is 5.56 Å². The normalized spacial score (nSPS) is 11.5. The van der Waals surface area contributed by atoms with Gasteiger partial charge in [0, 0.05) is 16.3 Å². The fourth-order valence-corrected chi connectivity index (χ4v) is 5.41. The van der Waals surface area contributed by atoms with Gasteiger partial charge in [0.1, 0.15) is 22.0 Å². The third kappa shape index (κ3) is 4.33. The molecule has 0 radical (unpaired) electrons. The number of carbonyl (C=O) groups is 1. The zero-order chi connectivity index (χ0) is 22.1. The zero-order valence-corrected chi connectivity index (χ0v) is 19.4. The van der Waals surface area contributed by atoms with Crippen LogP contribution < -0.4 is 5.56 Å². The Labute approximate surface area is 187 Å². The predicted octanol–water partition coefficient (Wildman–Crippen LogP) is 4.07. The van der Waals surface area contributed by atoms with Gasteiger partial charge in [0.2, 0.25) is 5.91 Å². The van der Waals surface area contributed by atoms with E-state index in [2.05, 4.69) is 33.8 Å². The summed E-state index contributed by atoms with van der Waals surface area (Å²) in [5.74, 6) is 0.688. The summed E-state index contributed by atoms with van der Waals surface area (Å²) >= 11 is 3.06. The van der Waals surface area contributed by atoms with Crippen LogP contribution in [-0.4, -0.2) is 42.5 Å². The first-order valence-corrected chi connectivity index (χ1v) is 11.8. The number of thioether (sulfide) groups is 1. The van der Waals surface area contributed by atoms with E-state index in [1.807, 2.05) is 19.9 Å². The molecule has 9 heteroatoms. The average Bonchev–Trinajstić information content (AvgIpc) is 3.04. The second-order valence-electron chi connectivity index (χ2n) is 7.58. The lowest BCUT2D eigenvalue weighted by atomic mass is 10.2. The lowest BCUT2D eigenvalue weighted by Crippen LogP contribution is -2.38. The Morgan fingerprint density at radius 3 is 2.77 bits per heavy atom. The van der Waals surface area contributed by atoms with Crippen LogP contribution in [0, 0.1) is 13.8 Å². The summed E-state index contributed by atoms with van der Waals surface area (Å²) < 4.78 is 0. The highest BCUT2D eigenvalue weighted by atomic mass is 32.2. The maximum Gasteiger partial charge on any atom is 0.258 e. The van der Waals surface area contributed by atoms with Gasteiger partial charge in [-0.1, -0.05) is 23.9 Å². The fraction of sp³-hybridized carbons (Fsp3) is 0.318. The number of para-hydroxylation sites is 1. The molecule has 1 aromatic carbocycles. The smallest absolute Gasteiger partial charge is 0.258 e. The lowest BCUT2D eigenvalue weighted by Gasteiger charge is -2.26. The first kappa shape index (κ1) is 21.5. The third-order valence-electron chi connectivity index (χ3n) is 5.19. The number of thiophene rings is 1. The molecule has 4 aromatic rings. The minimum absolute atomic E-state index is 0.0350. The maximum absolute atomic E-state index is 13.1. The van der Waals surface area contributed by atoms with Crippen molar-refractivity contribution >= 4 is 50.1 Å².